The van der Waals surface area contributed by atoms with Crippen LogP contribution in [-0.4, -0.2) is 0 Å². The summed E-state index contributed by atoms with van der Waals surface area (Å²) in [6.07, 6.45) is 3.04. The Hall–Kier alpha value is -1.93. The van der Waals surface area contributed by atoms with E-state index in [1.165, 1.54) is 11.1 Å². The second-order valence-corrected chi connectivity index (χ2v) is 4.56. The SMILES string of the molecule is Clc1ccc(N=NC2=CCc3ccccc32)cc1. The maximum atomic E-state index is 5.82. The van der Waals surface area contributed by atoms with Crippen molar-refractivity contribution in [1.82, 2.24) is 0 Å². The summed E-state index contributed by atoms with van der Waals surface area (Å²) >= 11 is 5.82. The molecule has 0 saturated carbocycles. The lowest BCUT2D eigenvalue weighted by atomic mass is 10.1. The van der Waals surface area contributed by atoms with Crippen molar-refractivity contribution < 1.29 is 0 Å². The highest BCUT2D eigenvalue weighted by molar-refractivity contribution is 6.30. The van der Waals surface area contributed by atoms with Gasteiger partial charge >= 0.3 is 0 Å². The highest BCUT2D eigenvalue weighted by Gasteiger charge is 2.12. The van der Waals surface area contributed by atoms with Crippen molar-refractivity contribution in [3.8, 4) is 0 Å². The van der Waals surface area contributed by atoms with Crippen LogP contribution >= 0.6 is 11.6 Å². The van der Waals surface area contributed by atoms with Crippen LogP contribution in [0.1, 0.15) is 11.1 Å². The Morgan fingerprint density at radius 1 is 0.889 bits per heavy atom. The maximum absolute atomic E-state index is 5.82. The van der Waals surface area contributed by atoms with E-state index < -0.39 is 0 Å². The summed E-state index contributed by atoms with van der Waals surface area (Å²) in [5, 5.41) is 9.24. The normalized spacial score (nSPS) is 13.7. The summed E-state index contributed by atoms with van der Waals surface area (Å²) < 4.78 is 0. The molecular formula is C15H11ClN2. The molecule has 0 heterocycles. The van der Waals surface area contributed by atoms with Crippen LogP contribution in [-0.2, 0) is 6.42 Å². The van der Waals surface area contributed by atoms with Crippen LogP contribution in [0.3, 0.4) is 0 Å². The van der Waals surface area contributed by atoms with E-state index >= 15 is 0 Å². The smallest absolute Gasteiger partial charge is 0.0895 e. The van der Waals surface area contributed by atoms with Crippen molar-refractivity contribution in [2.75, 3.05) is 0 Å². The van der Waals surface area contributed by atoms with Gasteiger partial charge in [-0.2, -0.15) is 10.2 Å². The topological polar surface area (TPSA) is 24.7 Å². The zero-order valence-electron chi connectivity index (χ0n) is 9.68. The molecule has 0 bridgehead atoms. The minimum Gasteiger partial charge on any atom is -0.151 e. The molecule has 0 radical (unpaired) electrons. The quantitative estimate of drug-likeness (QED) is 0.672. The van der Waals surface area contributed by atoms with E-state index in [9.17, 15) is 0 Å². The highest BCUT2D eigenvalue weighted by atomic mass is 35.5. The maximum Gasteiger partial charge on any atom is 0.0895 e. The third-order valence-corrected chi connectivity index (χ3v) is 3.16. The molecule has 2 nitrogen and oxygen atoms in total. The fourth-order valence-electron chi connectivity index (χ4n) is 1.98. The van der Waals surface area contributed by atoms with E-state index in [0.29, 0.717) is 5.02 Å². The summed E-state index contributed by atoms with van der Waals surface area (Å²) in [6.45, 7) is 0. The Morgan fingerprint density at radius 3 is 2.50 bits per heavy atom. The number of fused-ring (bicyclic) bond motifs is 1. The number of hydrogen-bond acceptors (Lipinski definition) is 2. The van der Waals surface area contributed by atoms with Gasteiger partial charge < -0.3 is 0 Å². The third-order valence-electron chi connectivity index (χ3n) is 2.91. The highest BCUT2D eigenvalue weighted by Crippen LogP contribution is 2.29. The molecule has 2 aromatic rings. The molecule has 3 heteroatoms. The summed E-state index contributed by atoms with van der Waals surface area (Å²) in [5.74, 6) is 0. The van der Waals surface area contributed by atoms with Gasteiger partial charge in [-0.05, 0) is 36.2 Å². The van der Waals surface area contributed by atoms with Crippen molar-refractivity contribution in [2.24, 2.45) is 10.2 Å². The molecule has 18 heavy (non-hydrogen) atoms. The summed E-state index contributed by atoms with van der Waals surface area (Å²) in [6, 6.07) is 15.6. The van der Waals surface area contributed by atoms with E-state index in [2.05, 4.69) is 28.4 Å². The predicted octanol–water partition coefficient (Wildman–Crippen LogP) is 5.02. The molecule has 0 unspecified atom stereocenters. The van der Waals surface area contributed by atoms with Gasteiger partial charge in [0.2, 0.25) is 0 Å². The molecule has 88 valence electrons. The first-order valence-electron chi connectivity index (χ1n) is 5.79. The number of allylic oxidation sites excluding steroid dienone is 1. The van der Waals surface area contributed by atoms with Crippen LogP contribution in [0.2, 0.25) is 5.02 Å². The monoisotopic (exact) mass is 254 g/mol. The van der Waals surface area contributed by atoms with E-state index in [0.717, 1.165) is 17.8 Å². The van der Waals surface area contributed by atoms with Crippen LogP contribution < -0.4 is 0 Å². The molecule has 0 amide bonds. The molecule has 1 aliphatic rings. The number of halogens is 1. The van der Waals surface area contributed by atoms with Crippen molar-refractivity contribution in [1.29, 1.82) is 0 Å². The van der Waals surface area contributed by atoms with Crippen molar-refractivity contribution in [3.63, 3.8) is 0 Å². The zero-order valence-corrected chi connectivity index (χ0v) is 10.4. The van der Waals surface area contributed by atoms with Crippen LogP contribution in [0.5, 0.6) is 0 Å². The first kappa shape index (κ1) is 11.2. The molecule has 1 aliphatic carbocycles. The molecule has 0 aliphatic heterocycles. The van der Waals surface area contributed by atoms with Crippen LogP contribution in [0.15, 0.2) is 64.8 Å². The Balaban J connectivity index is 1.84. The van der Waals surface area contributed by atoms with Gasteiger partial charge in [0.1, 0.15) is 0 Å². The van der Waals surface area contributed by atoms with Gasteiger partial charge in [-0.3, -0.25) is 0 Å². The Kier molecular flexibility index (Phi) is 2.95. The number of nitrogens with zero attached hydrogens (tertiary/aromatic N) is 2. The Labute approximate surface area is 111 Å². The molecule has 0 spiro atoms. The van der Waals surface area contributed by atoms with E-state index in [1.54, 1.807) is 0 Å². The molecule has 0 atom stereocenters. The molecule has 2 aromatic carbocycles. The molecule has 0 aromatic heterocycles. The predicted molar refractivity (Wildman–Crippen MR) is 74.1 cm³/mol. The van der Waals surface area contributed by atoms with Gasteiger partial charge in [0.25, 0.3) is 0 Å². The number of azo groups is 1. The first-order chi connectivity index (χ1) is 8.83. The van der Waals surface area contributed by atoms with E-state index in [-0.39, 0.29) is 0 Å². The number of benzene rings is 2. The fourth-order valence-corrected chi connectivity index (χ4v) is 2.10. The molecule has 0 saturated heterocycles. The lowest BCUT2D eigenvalue weighted by Gasteiger charge is -1.99. The standard InChI is InChI=1S/C15H11ClN2/c16-12-6-8-13(9-7-12)17-18-15-10-5-11-3-1-2-4-14(11)15/h1-4,6-10H,5H2. The molecule has 0 N–H and O–H groups in total. The summed E-state index contributed by atoms with van der Waals surface area (Å²) in [5.41, 5.74) is 4.24. The van der Waals surface area contributed by atoms with E-state index in [4.69, 9.17) is 11.6 Å². The molecular weight excluding hydrogens is 244 g/mol. The second kappa shape index (κ2) is 4.75. The van der Waals surface area contributed by atoms with Gasteiger partial charge in [0.15, 0.2) is 0 Å². The van der Waals surface area contributed by atoms with Crippen LogP contribution in [0.4, 0.5) is 5.69 Å². The minimum absolute atomic E-state index is 0.708. The molecule has 0 fully saturated rings. The fraction of sp³-hybridized carbons (Fsp3) is 0.0667. The van der Waals surface area contributed by atoms with Gasteiger partial charge in [-0.15, -0.1) is 0 Å². The lowest BCUT2D eigenvalue weighted by molar-refractivity contribution is 1.24. The number of rotatable bonds is 2. The van der Waals surface area contributed by atoms with Crippen molar-refractivity contribution in [2.45, 2.75) is 6.42 Å². The second-order valence-electron chi connectivity index (χ2n) is 4.13. The van der Waals surface area contributed by atoms with Gasteiger partial charge in [-0.25, -0.2) is 0 Å². The zero-order chi connectivity index (χ0) is 12.4. The van der Waals surface area contributed by atoms with Crippen LogP contribution in [0, 0.1) is 0 Å². The minimum atomic E-state index is 0.708. The first-order valence-corrected chi connectivity index (χ1v) is 6.16. The van der Waals surface area contributed by atoms with Crippen molar-refractivity contribution in [3.05, 3.63) is 70.8 Å². The summed E-state index contributed by atoms with van der Waals surface area (Å²) in [4.78, 5) is 0. The van der Waals surface area contributed by atoms with Gasteiger partial charge in [0.05, 0.1) is 11.4 Å². The third kappa shape index (κ3) is 2.20. The summed E-state index contributed by atoms with van der Waals surface area (Å²) in [7, 11) is 0. The lowest BCUT2D eigenvalue weighted by Crippen LogP contribution is -1.80. The van der Waals surface area contributed by atoms with E-state index in [1.807, 2.05) is 36.4 Å². The molecule has 3 rings (SSSR count). The van der Waals surface area contributed by atoms with Crippen molar-refractivity contribution >= 4 is 23.0 Å². The Morgan fingerprint density at radius 2 is 1.67 bits per heavy atom. The van der Waals surface area contributed by atoms with Gasteiger partial charge in [-0.1, -0.05) is 41.9 Å². The largest absolute Gasteiger partial charge is 0.151 e. The average molecular weight is 255 g/mol. The number of hydrogen-bond donors (Lipinski definition) is 0. The average Bonchev–Trinajstić information content (AvgIpc) is 2.82. The Bertz CT molecular complexity index is 627. The van der Waals surface area contributed by atoms with Crippen LogP contribution in [0.25, 0.3) is 5.70 Å². The van der Waals surface area contributed by atoms with Gasteiger partial charge in [0, 0.05) is 10.6 Å².